The molecule has 0 unspecified atom stereocenters. The highest BCUT2D eigenvalue weighted by molar-refractivity contribution is 5.94. The maximum Gasteiger partial charge on any atom is 0.337 e. The number of carboxylic acid groups (broad SMARTS) is 1. The van der Waals surface area contributed by atoms with Crippen molar-refractivity contribution in [3.63, 3.8) is 0 Å². The summed E-state index contributed by atoms with van der Waals surface area (Å²) in [6, 6.07) is 12.7. The van der Waals surface area contributed by atoms with Crippen molar-refractivity contribution in [3.05, 3.63) is 53.6 Å². The lowest BCUT2D eigenvalue weighted by molar-refractivity contribution is 0.0698. The summed E-state index contributed by atoms with van der Waals surface area (Å²) in [5.74, 6) is -0.182. The Morgan fingerprint density at radius 2 is 2.10 bits per heavy atom. The fourth-order valence-electron chi connectivity index (χ4n) is 2.05. The minimum atomic E-state index is -1.02. The number of benzene rings is 2. The number of rotatable bonds is 6. The number of carbonyl (C=O) groups is 1. The van der Waals surface area contributed by atoms with Gasteiger partial charge < -0.3 is 20.9 Å². The van der Waals surface area contributed by atoms with Crippen molar-refractivity contribution in [1.29, 1.82) is 0 Å². The van der Waals surface area contributed by atoms with Crippen LogP contribution in [0.25, 0.3) is 0 Å². The van der Waals surface area contributed by atoms with E-state index in [9.17, 15) is 4.79 Å². The molecule has 110 valence electrons. The Kier molecular flexibility index (Phi) is 4.66. The normalized spacial score (nSPS) is 10.1. The molecule has 0 heterocycles. The van der Waals surface area contributed by atoms with Crippen LogP contribution in [0.15, 0.2) is 42.5 Å². The number of methoxy groups -OCH3 is 1. The summed E-state index contributed by atoms with van der Waals surface area (Å²) in [5.41, 5.74) is 8.05. The SMILES string of the molecule is COc1cccc(CCNc2ccc(C(=O)O)c(N)c2)c1. The molecule has 2 aromatic rings. The molecule has 0 saturated heterocycles. The Labute approximate surface area is 123 Å². The molecule has 0 saturated carbocycles. The van der Waals surface area contributed by atoms with Crippen molar-refractivity contribution in [2.75, 3.05) is 24.7 Å². The summed E-state index contributed by atoms with van der Waals surface area (Å²) in [7, 11) is 1.64. The highest BCUT2D eigenvalue weighted by atomic mass is 16.5. The first-order valence-electron chi connectivity index (χ1n) is 6.60. The molecule has 5 nitrogen and oxygen atoms in total. The number of ether oxygens (including phenoxy) is 1. The summed E-state index contributed by atoms with van der Waals surface area (Å²) in [6.07, 6.45) is 0.831. The van der Waals surface area contributed by atoms with Crippen LogP contribution in [0.3, 0.4) is 0 Å². The van der Waals surface area contributed by atoms with Crippen molar-refractivity contribution in [2.24, 2.45) is 0 Å². The number of carboxylic acids is 1. The first kappa shape index (κ1) is 14.7. The molecule has 2 aromatic carbocycles. The summed E-state index contributed by atoms with van der Waals surface area (Å²) < 4.78 is 5.18. The van der Waals surface area contributed by atoms with Crippen molar-refractivity contribution in [3.8, 4) is 5.75 Å². The van der Waals surface area contributed by atoms with Gasteiger partial charge in [0.1, 0.15) is 5.75 Å². The minimum absolute atomic E-state index is 0.119. The third kappa shape index (κ3) is 3.89. The highest BCUT2D eigenvalue weighted by Crippen LogP contribution is 2.18. The molecule has 0 amide bonds. The molecule has 0 bridgehead atoms. The summed E-state index contributed by atoms with van der Waals surface area (Å²) in [5, 5.41) is 12.1. The van der Waals surface area contributed by atoms with Gasteiger partial charge in [0.25, 0.3) is 0 Å². The predicted octanol–water partition coefficient (Wildman–Crippen LogP) is 2.63. The fourth-order valence-corrected chi connectivity index (χ4v) is 2.05. The summed E-state index contributed by atoms with van der Waals surface area (Å²) in [6.45, 7) is 0.721. The van der Waals surface area contributed by atoms with Crippen LogP contribution >= 0.6 is 0 Å². The zero-order valence-electron chi connectivity index (χ0n) is 11.8. The fraction of sp³-hybridized carbons (Fsp3) is 0.188. The maximum atomic E-state index is 10.9. The van der Waals surface area contributed by atoms with E-state index in [-0.39, 0.29) is 11.3 Å². The second-order valence-corrected chi connectivity index (χ2v) is 4.64. The molecule has 0 spiro atoms. The topological polar surface area (TPSA) is 84.6 Å². The van der Waals surface area contributed by atoms with E-state index >= 15 is 0 Å². The molecular formula is C16H18N2O3. The van der Waals surface area contributed by atoms with Gasteiger partial charge in [-0.3, -0.25) is 0 Å². The Hall–Kier alpha value is -2.69. The lowest BCUT2D eigenvalue weighted by Crippen LogP contribution is -2.07. The number of nitrogens with two attached hydrogens (primary N) is 1. The van der Waals surface area contributed by atoms with Gasteiger partial charge in [-0.1, -0.05) is 12.1 Å². The quantitative estimate of drug-likeness (QED) is 0.711. The molecule has 4 N–H and O–H groups in total. The van der Waals surface area contributed by atoms with Gasteiger partial charge in [-0.05, 0) is 42.3 Å². The number of hydrogen-bond donors (Lipinski definition) is 3. The lowest BCUT2D eigenvalue weighted by Gasteiger charge is -2.09. The molecule has 0 fully saturated rings. The highest BCUT2D eigenvalue weighted by Gasteiger charge is 2.07. The zero-order chi connectivity index (χ0) is 15.2. The molecule has 0 aliphatic heterocycles. The maximum absolute atomic E-state index is 10.9. The average Bonchev–Trinajstić information content (AvgIpc) is 2.47. The van der Waals surface area contributed by atoms with Crippen molar-refractivity contribution in [2.45, 2.75) is 6.42 Å². The molecule has 2 rings (SSSR count). The third-order valence-electron chi connectivity index (χ3n) is 3.16. The molecule has 0 aliphatic rings. The van der Waals surface area contributed by atoms with Gasteiger partial charge in [-0.2, -0.15) is 0 Å². The molecule has 5 heteroatoms. The van der Waals surface area contributed by atoms with Gasteiger partial charge >= 0.3 is 5.97 Å². The Morgan fingerprint density at radius 3 is 2.76 bits per heavy atom. The number of aromatic carboxylic acids is 1. The van der Waals surface area contributed by atoms with E-state index in [1.165, 1.54) is 6.07 Å². The number of nitrogen functional groups attached to an aromatic ring is 1. The van der Waals surface area contributed by atoms with E-state index in [4.69, 9.17) is 15.6 Å². The van der Waals surface area contributed by atoms with Crippen LogP contribution in [0.4, 0.5) is 11.4 Å². The number of anilines is 2. The second-order valence-electron chi connectivity index (χ2n) is 4.64. The van der Waals surface area contributed by atoms with Crippen molar-refractivity contribution >= 4 is 17.3 Å². The summed E-state index contributed by atoms with van der Waals surface area (Å²) in [4.78, 5) is 10.9. The molecule has 0 radical (unpaired) electrons. The van der Waals surface area contributed by atoms with Gasteiger partial charge in [0.2, 0.25) is 0 Å². The van der Waals surface area contributed by atoms with Crippen molar-refractivity contribution < 1.29 is 14.6 Å². The van der Waals surface area contributed by atoms with E-state index in [2.05, 4.69) is 5.32 Å². The van der Waals surface area contributed by atoms with Gasteiger partial charge in [0.15, 0.2) is 0 Å². The zero-order valence-corrected chi connectivity index (χ0v) is 11.8. The molecule has 21 heavy (non-hydrogen) atoms. The third-order valence-corrected chi connectivity index (χ3v) is 3.16. The smallest absolute Gasteiger partial charge is 0.337 e. The second kappa shape index (κ2) is 6.65. The minimum Gasteiger partial charge on any atom is -0.497 e. The number of hydrogen-bond acceptors (Lipinski definition) is 4. The average molecular weight is 286 g/mol. The van der Waals surface area contributed by atoms with Crippen LogP contribution in [0, 0.1) is 0 Å². The molecule has 0 aromatic heterocycles. The predicted molar refractivity (Wildman–Crippen MR) is 83.0 cm³/mol. The van der Waals surface area contributed by atoms with Crippen LogP contribution in [0.2, 0.25) is 0 Å². The monoisotopic (exact) mass is 286 g/mol. The van der Waals surface area contributed by atoms with Gasteiger partial charge in [-0.25, -0.2) is 4.79 Å². The molecule has 0 atom stereocenters. The van der Waals surface area contributed by atoms with Crippen LogP contribution in [0.5, 0.6) is 5.75 Å². The van der Waals surface area contributed by atoms with Crippen LogP contribution < -0.4 is 15.8 Å². The molecule has 0 aliphatic carbocycles. The van der Waals surface area contributed by atoms with Gasteiger partial charge in [0, 0.05) is 17.9 Å². The summed E-state index contributed by atoms with van der Waals surface area (Å²) >= 11 is 0. The van der Waals surface area contributed by atoms with E-state index in [0.29, 0.717) is 0 Å². The molecular weight excluding hydrogens is 268 g/mol. The van der Waals surface area contributed by atoms with E-state index in [1.807, 2.05) is 24.3 Å². The van der Waals surface area contributed by atoms with Gasteiger partial charge in [0.05, 0.1) is 12.7 Å². The van der Waals surface area contributed by atoms with Crippen molar-refractivity contribution in [1.82, 2.24) is 0 Å². The largest absolute Gasteiger partial charge is 0.497 e. The van der Waals surface area contributed by atoms with Crippen LogP contribution in [-0.2, 0) is 6.42 Å². The van der Waals surface area contributed by atoms with Gasteiger partial charge in [-0.15, -0.1) is 0 Å². The first-order chi connectivity index (χ1) is 10.1. The number of nitrogens with one attached hydrogen (secondary N) is 1. The van der Waals surface area contributed by atoms with E-state index < -0.39 is 5.97 Å². The van der Waals surface area contributed by atoms with Crippen LogP contribution in [-0.4, -0.2) is 24.7 Å². The van der Waals surface area contributed by atoms with E-state index in [1.54, 1.807) is 19.2 Å². The standard InChI is InChI=1S/C16H18N2O3/c1-21-13-4-2-3-11(9-13)7-8-18-12-5-6-14(16(19)20)15(17)10-12/h2-6,9-10,18H,7-8,17H2,1H3,(H,19,20). The first-order valence-corrected chi connectivity index (χ1v) is 6.60. The van der Waals surface area contributed by atoms with E-state index in [0.717, 1.165) is 30.0 Å². The van der Waals surface area contributed by atoms with Crippen LogP contribution in [0.1, 0.15) is 15.9 Å². The lowest BCUT2D eigenvalue weighted by atomic mass is 10.1. The Bertz CT molecular complexity index is 641. The Balaban J connectivity index is 1.94. The Morgan fingerprint density at radius 1 is 1.29 bits per heavy atom.